The van der Waals surface area contributed by atoms with E-state index in [1.807, 2.05) is 0 Å². The van der Waals surface area contributed by atoms with Crippen molar-refractivity contribution in [3.8, 4) is 0 Å². The third kappa shape index (κ3) is 3.40. The molecular formula is C32H32N2. The van der Waals surface area contributed by atoms with Crippen LogP contribution in [0.25, 0.3) is 43.6 Å². The standard InChI is InChI=1S/C32H32N2/c1-3-33-29-15-9-7-13-25(29)27-21-23(17-19-31(27)33)11-5-6-12-24-18-20-32-28(22-24)26-14-8-10-16-30(26)34(32)4-2/h7-10,13-22H,3-6,11-12H2,1-2H3. The number of unbranched alkanes of at least 4 members (excludes halogenated alkanes) is 1. The first kappa shape index (κ1) is 21.0. The molecule has 6 rings (SSSR count). The van der Waals surface area contributed by atoms with E-state index in [9.17, 15) is 0 Å². The van der Waals surface area contributed by atoms with Gasteiger partial charge >= 0.3 is 0 Å². The van der Waals surface area contributed by atoms with Gasteiger partial charge in [0, 0.05) is 56.7 Å². The van der Waals surface area contributed by atoms with Crippen LogP contribution in [0.2, 0.25) is 0 Å². The molecule has 0 saturated heterocycles. The Morgan fingerprint density at radius 1 is 0.471 bits per heavy atom. The van der Waals surface area contributed by atoms with Gasteiger partial charge in [-0.15, -0.1) is 0 Å². The van der Waals surface area contributed by atoms with Crippen molar-refractivity contribution in [2.75, 3.05) is 0 Å². The lowest BCUT2D eigenvalue weighted by molar-refractivity contribution is 0.735. The first-order chi connectivity index (χ1) is 16.8. The molecule has 0 fully saturated rings. The average Bonchev–Trinajstić information content (AvgIpc) is 3.38. The summed E-state index contributed by atoms with van der Waals surface area (Å²) in [7, 11) is 0. The summed E-state index contributed by atoms with van der Waals surface area (Å²) in [6, 6.07) is 31.8. The zero-order valence-electron chi connectivity index (χ0n) is 20.2. The molecule has 6 aromatic rings. The summed E-state index contributed by atoms with van der Waals surface area (Å²) >= 11 is 0. The zero-order chi connectivity index (χ0) is 23.1. The van der Waals surface area contributed by atoms with E-state index in [0.717, 1.165) is 25.9 Å². The van der Waals surface area contributed by atoms with E-state index in [1.165, 1.54) is 67.6 Å². The maximum absolute atomic E-state index is 2.43. The molecule has 34 heavy (non-hydrogen) atoms. The molecule has 0 N–H and O–H groups in total. The molecule has 0 aliphatic heterocycles. The third-order valence-electron chi connectivity index (χ3n) is 7.49. The van der Waals surface area contributed by atoms with Gasteiger partial charge in [0.2, 0.25) is 0 Å². The van der Waals surface area contributed by atoms with Crippen molar-refractivity contribution in [3.05, 3.63) is 96.1 Å². The van der Waals surface area contributed by atoms with Crippen LogP contribution in [0.4, 0.5) is 0 Å². The van der Waals surface area contributed by atoms with Gasteiger partial charge < -0.3 is 9.13 Å². The number of rotatable bonds is 7. The lowest BCUT2D eigenvalue weighted by Gasteiger charge is -2.06. The second-order valence-electron chi connectivity index (χ2n) is 9.43. The quantitative estimate of drug-likeness (QED) is 0.218. The van der Waals surface area contributed by atoms with Crippen LogP contribution in [-0.2, 0) is 25.9 Å². The monoisotopic (exact) mass is 444 g/mol. The third-order valence-corrected chi connectivity index (χ3v) is 7.49. The molecule has 0 atom stereocenters. The molecule has 2 heteroatoms. The number of hydrogen-bond acceptors (Lipinski definition) is 0. The molecule has 170 valence electrons. The molecule has 0 aliphatic rings. The Kier molecular flexibility index (Phi) is 5.37. The molecule has 0 spiro atoms. The molecule has 2 heterocycles. The predicted octanol–water partition coefficient (Wildman–Crippen LogP) is 8.51. The Balaban J connectivity index is 1.19. The van der Waals surface area contributed by atoms with E-state index in [2.05, 4.69) is 108 Å². The summed E-state index contributed by atoms with van der Waals surface area (Å²) in [5, 5.41) is 5.54. The van der Waals surface area contributed by atoms with Crippen LogP contribution in [0.3, 0.4) is 0 Å². The van der Waals surface area contributed by atoms with E-state index in [1.54, 1.807) is 0 Å². The minimum Gasteiger partial charge on any atom is -0.341 e. The number of aryl methyl sites for hydroxylation is 4. The number of aromatic nitrogens is 2. The molecule has 0 aliphatic carbocycles. The molecule has 0 saturated carbocycles. The highest BCUT2D eigenvalue weighted by Gasteiger charge is 2.11. The van der Waals surface area contributed by atoms with Gasteiger partial charge in [-0.2, -0.15) is 0 Å². The maximum Gasteiger partial charge on any atom is 0.0491 e. The molecule has 0 radical (unpaired) electrons. The minimum atomic E-state index is 1.00. The van der Waals surface area contributed by atoms with Crippen molar-refractivity contribution in [3.63, 3.8) is 0 Å². The Labute approximate surface area is 201 Å². The molecule has 2 aromatic heterocycles. The van der Waals surface area contributed by atoms with Crippen molar-refractivity contribution in [2.45, 2.75) is 52.6 Å². The first-order valence-corrected chi connectivity index (χ1v) is 12.8. The summed E-state index contributed by atoms with van der Waals surface area (Å²) in [6.07, 6.45) is 4.71. The fourth-order valence-electron chi connectivity index (χ4n) is 5.85. The lowest BCUT2D eigenvalue weighted by Crippen LogP contribution is -1.94. The Morgan fingerprint density at radius 2 is 0.882 bits per heavy atom. The van der Waals surface area contributed by atoms with Gasteiger partial charge in [-0.3, -0.25) is 0 Å². The second kappa shape index (κ2) is 8.68. The number of benzene rings is 4. The van der Waals surface area contributed by atoms with E-state index in [4.69, 9.17) is 0 Å². The normalized spacial score (nSPS) is 11.9. The van der Waals surface area contributed by atoms with E-state index in [-0.39, 0.29) is 0 Å². The van der Waals surface area contributed by atoms with Gasteiger partial charge in [0.15, 0.2) is 0 Å². The van der Waals surface area contributed by atoms with Crippen molar-refractivity contribution >= 4 is 43.6 Å². The smallest absolute Gasteiger partial charge is 0.0491 e. The molecule has 4 aromatic carbocycles. The fraction of sp³-hybridized carbons (Fsp3) is 0.250. The topological polar surface area (TPSA) is 9.86 Å². The van der Waals surface area contributed by atoms with Gasteiger partial charge in [0.05, 0.1) is 0 Å². The van der Waals surface area contributed by atoms with Gasteiger partial charge in [-0.1, -0.05) is 48.5 Å². The maximum atomic E-state index is 2.43. The van der Waals surface area contributed by atoms with Gasteiger partial charge in [-0.05, 0) is 87.1 Å². The predicted molar refractivity (Wildman–Crippen MR) is 147 cm³/mol. The zero-order valence-corrected chi connectivity index (χ0v) is 20.2. The number of para-hydroxylation sites is 2. The Bertz CT molecular complexity index is 1510. The van der Waals surface area contributed by atoms with Crippen molar-refractivity contribution in [1.82, 2.24) is 9.13 Å². The summed E-state index contributed by atoms with van der Waals surface area (Å²) in [5.74, 6) is 0. The van der Waals surface area contributed by atoms with Crippen LogP contribution >= 0.6 is 0 Å². The summed E-state index contributed by atoms with van der Waals surface area (Å²) in [5.41, 5.74) is 8.30. The van der Waals surface area contributed by atoms with E-state index < -0.39 is 0 Å². The molecule has 2 nitrogen and oxygen atoms in total. The Morgan fingerprint density at radius 3 is 1.32 bits per heavy atom. The average molecular weight is 445 g/mol. The van der Waals surface area contributed by atoms with Crippen molar-refractivity contribution in [2.24, 2.45) is 0 Å². The van der Waals surface area contributed by atoms with Gasteiger partial charge in [0.25, 0.3) is 0 Å². The van der Waals surface area contributed by atoms with Crippen molar-refractivity contribution < 1.29 is 0 Å². The summed E-state index contributed by atoms with van der Waals surface area (Å²) in [6.45, 7) is 6.48. The molecule has 0 unspecified atom stereocenters. The van der Waals surface area contributed by atoms with Crippen LogP contribution in [0.1, 0.15) is 37.8 Å². The van der Waals surface area contributed by atoms with Crippen LogP contribution in [0.5, 0.6) is 0 Å². The van der Waals surface area contributed by atoms with Crippen LogP contribution < -0.4 is 0 Å². The highest BCUT2D eigenvalue weighted by molar-refractivity contribution is 6.09. The second-order valence-corrected chi connectivity index (χ2v) is 9.43. The fourth-order valence-corrected chi connectivity index (χ4v) is 5.85. The van der Waals surface area contributed by atoms with E-state index in [0.29, 0.717) is 0 Å². The molecule has 0 amide bonds. The summed E-state index contributed by atoms with van der Waals surface area (Å²) < 4.78 is 4.86. The summed E-state index contributed by atoms with van der Waals surface area (Å²) in [4.78, 5) is 0. The van der Waals surface area contributed by atoms with E-state index >= 15 is 0 Å². The highest BCUT2D eigenvalue weighted by Crippen LogP contribution is 2.31. The lowest BCUT2D eigenvalue weighted by atomic mass is 10.0. The van der Waals surface area contributed by atoms with Crippen LogP contribution in [0.15, 0.2) is 84.9 Å². The number of nitrogens with zero attached hydrogens (tertiary/aromatic N) is 2. The number of fused-ring (bicyclic) bond motifs is 6. The van der Waals surface area contributed by atoms with Crippen molar-refractivity contribution in [1.29, 1.82) is 0 Å². The van der Waals surface area contributed by atoms with Crippen LogP contribution in [-0.4, -0.2) is 9.13 Å². The van der Waals surface area contributed by atoms with Gasteiger partial charge in [0.1, 0.15) is 0 Å². The minimum absolute atomic E-state index is 1.00. The van der Waals surface area contributed by atoms with Gasteiger partial charge in [-0.25, -0.2) is 0 Å². The molecular weight excluding hydrogens is 412 g/mol. The number of hydrogen-bond donors (Lipinski definition) is 0. The first-order valence-electron chi connectivity index (χ1n) is 12.8. The highest BCUT2D eigenvalue weighted by atomic mass is 15.0. The van der Waals surface area contributed by atoms with Crippen LogP contribution in [0, 0.1) is 0 Å². The largest absolute Gasteiger partial charge is 0.341 e. The molecule has 0 bridgehead atoms. The Hall–Kier alpha value is -3.52. The SMILES string of the molecule is CCn1c2ccccc2c2cc(CCCCc3ccc4c(c3)c3ccccc3n4CC)ccc21.